The summed E-state index contributed by atoms with van der Waals surface area (Å²) in [4.78, 5) is 0. The molecule has 0 saturated heterocycles. The summed E-state index contributed by atoms with van der Waals surface area (Å²) < 4.78 is 0. The third-order valence-electron chi connectivity index (χ3n) is 2.73. The zero-order valence-electron chi connectivity index (χ0n) is 12.8. The predicted octanol–water partition coefficient (Wildman–Crippen LogP) is 5.22. The Morgan fingerprint density at radius 3 is 0.579 bits per heavy atom. The second-order valence-electron chi connectivity index (χ2n) is 5.33. The molecule has 0 aliphatic heterocycles. The van der Waals surface area contributed by atoms with Crippen LogP contribution >= 0.6 is 0 Å². The molecule has 0 spiro atoms. The minimum absolute atomic E-state index is 0. The molecule has 0 amide bonds. The molecule has 2 aromatic rings. The van der Waals surface area contributed by atoms with Crippen LogP contribution in [-0.4, -0.2) is 0 Å². The molecule has 0 bridgehead atoms. The molecule has 2 rings (SSSR count). The first-order valence-electron chi connectivity index (χ1n) is 6.46. The Kier molecular flexibility index (Phi) is 7.87. The van der Waals surface area contributed by atoms with Gasteiger partial charge in [-0.25, -0.2) is 0 Å². The van der Waals surface area contributed by atoms with Crippen molar-refractivity contribution in [3.8, 4) is 0 Å². The van der Waals surface area contributed by atoms with E-state index in [1.54, 1.807) is 0 Å². The van der Waals surface area contributed by atoms with Crippen LogP contribution < -0.4 is 0 Å². The molecule has 2 aromatic carbocycles. The van der Waals surface area contributed by atoms with E-state index in [-0.39, 0.29) is 19.5 Å². The van der Waals surface area contributed by atoms with Crippen molar-refractivity contribution in [2.24, 2.45) is 0 Å². The molecule has 19 heavy (non-hydrogen) atoms. The molecule has 1 heteroatoms. The van der Waals surface area contributed by atoms with Crippen LogP contribution in [0.5, 0.6) is 0 Å². The fourth-order valence-electron chi connectivity index (χ4n) is 2.40. The predicted molar refractivity (Wildman–Crippen MR) is 81.3 cm³/mol. The van der Waals surface area contributed by atoms with Crippen molar-refractivity contribution in [2.75, 3.05) is 0 Å². The van der Waals surface area contributed by atoms with Crippen LogP contribution in [0.4, 0.5) is 0 Å². The second-order valence-corrected chi connectivity index (χ2v) is 5.33. The zero-order chi connectivity index (χ0) is 13.7. The molecule has 0 aliphatic rings. The number of hydrogen-bond donors (Lipinski definition) is 0. The molecule has 0 saturated carbocycles. The number of aryl methyl sites for hydroxylation is 6. The molecule has 0 fully saturated rings. The summed E-state index contributed by atoms with van der Waals surface area (Å²) in [5.74, 6) is 0. The molecule has 0 nitrogen and oxygen atoms in total. The Bertz CT molecular complexity index is 377. The summed E-state index contributed by atoms with van der Waals surface area (Å²) in [6, 6.07) is 13.1. The Morgan fingerprint density at radius 1 is 0.368 bits per heavy atom. The molecule has 0 atom stereocenters. The van der Waals surface area contributed by atoms with Crippen LogP contribution in [0.1, 0.15) is 33.4 Å². The summed E-state index contributed by atoms with van der Waals surface area (Å²) in [5, 5.41) is 0. The third kappa shape index (κ3) is 7.28. The largest absolute Gasteiger partial charge is 0.0564 e. The van der Waals surface area contributed by atoms with E-state index in [1.807, 2.05) is 0 Å². The molecule has 0 aromatic heterocycles. The van der Waals surface area contributed by atoms with Gasteiger partial charge in [0.1, 0.15) is 0 Å². The Balaban J connectivity index is 0.000000324. The van der Waals surface area contributed by atoms with Crippen LogP contribution in [0.15, 0.2) is 36.4 Å². The van der Waals surface area contributed by atoms with Crippen molar-refractivity contribution in [3.05, 3.63) is 69.8 Å². The summed E-state index contributed by atoms with van der Waals surface area (Å²) in [6.07, 6.45) is 0. The Labute approximate surface area is 131 Å². The average molecular weight is 341 g/mol. The fourth-order valence-corrected chi connectivity index (χ4v) is 2.40. The number of hydrogen-bond acceptors (Lipinski definition) is 0. The van der Waals surface area contributed by atoms with Crippen molar-refractivity contribution in [1.82, 2.24) is 0 Å². The van der Waals surface area contributed by atoms with Crippen molar-refractivity contribution in [3.63, 3.8) is 0 Å². The fraction of sp³-hybridized carbons (Fsp3) is 0.333. The van der Waals surface area contributed by atoms with E-state index in [0.717, 1.165) is 0 Å². The van der Waals surface area contributed by atoms with E-state index in [9.17, 15) is 0 Å². The molecule has 0 radical (unpaired) electrons. The summed E-state index contributed by atoms with van der Waals surface area (Å²) in [6.45, 7) is 12.8. The first kappa shape index (κ1) is 18.1. The Morgan fingerprint density at radius 2 is 0.474 bits per heavy atom. The first-order valence-corrected chi connectivity index (χ1v) is 6.46. The van der Waals surface area contributed by atoms with Gasteiger partial charge in [-0.05, 0) is 41.5 Å². The van der Waals surface area contributed by atoms with Crippen molar-refractivity contribution in [2.45, 2.75) is 41.5 Å². The summed E-state index contributed by atoms with van der Waals surface area (Å²) >= 11 is 0. The van der Waals surface area contributed by atoms with Gasteiger partial charge in [0.2, 0.25) is 0 Å². The standard InChI is InChI=1S/2C9H12.Ru/c2*1-7-4-8(2)6-9(3)5-7;/h2*4-6H,1-3H3;. The minimum atomic E-state index is 0. The smallest absolute Gasteiger partial charge is 0 e. The average Bonchev–Trinajstić information content (AvgIpc) is 2.12. The van der Waals surface area contributed by atoms with Crippen LogP contribution in [0.2, 0.25) is 0 Å². The minimum Gasteiger partial charge on any atom is -0.0564 e. The van der Waals surface area contributed by atoms with Gasteiger partial charge in [0.05, 0.1) is 0 Å². The van der Waals surface area contributed by atoms with Gasteiger partial charge in [0.25, 0.3) is 0 Å². The van der Waals surface area contributed by atoms with Gasteiger partial charge in [-0.2, -0.15) is 0 Å². The third-order valence-corrected chi connectivity index (χ3v) is 2.73. The van der Waals surface area contributed by atoms with E-state index in [4.69, 9.17) is 0 Å². The molecule has 0 heterocycles. The van der Waals surface area contributed by atoms with Gasteiger partial charge in [0.15, 0.2) is 0 Å². The maximum absolute atomic E-state index is 2.19. The maximum atomic E-state index is 2.19. The van der Waals surface area contributed by atoms with E-state index in [0.29, 0.717) is 0 Å². The maximum Gasteiger partial charge on any atom is 0 e. The Hall–Kier alpha value is -0.937. The topological polar surface area (TPSA) is 0 Å². The van der Waals surface area contributed by atoms with Crippen molar-refractivity contribution in [1.29, 1.82) is 0 Å². The van der Waals surface area contributed by atoms with Crippen LogP contribution in [0, 0.1) is 41.5 Å². The molecule has 104 valence electrons. The molecule has 0 N–H and O–H groups in total. The van der Waals surface area contributed by atoms with Crippen molar-refractivity contribution >= 4 is 0 Å². The van der Waals surface area contributed by atoms with Gasteiger partial charge < -0.3 is 0 Å². The number of benzene rings is 2. The molecule has 0 aliphatic carbocycles. The van der Waals surface area contributed by atoms with Gasteiger partial charge >= 0.3 is 0 Å². The van der Waals surface area contributed by atoms with Gasteiger partial charge in [-0.3, -0.25) is 0 Å². The molecule has 0 unspecified atom stereocenters. The quantitative estimate of drug-likeness (QED) is 0.576. The zero-order valence-corrected chi connectivity index (χ0v) is 14.6. The van der Waals surface area contributed by atoms with Crippen LogP contribution in [0.3, 0.4) is 0 Å². The van der Waals surface area contributed by atoms with Gasteiger partial charge in [0, 0.05) is 19.5 Å². The SMILES string of the molecule is Cc1cc(C)cc(C)c1.Cc1cc(C)cc(C)c1.[Ru]. The van der Waals surface area contributed by atoms with Crippen molar-refractivity contribution < 1.29 is 19.5 Å². The second kappa shape index (κ2) is 8.28. The number of rotatable bonds is 0. The van der Waals surface area contributed by atoms with E-state index in [2.05, 4.69) is 77.9 Å². The van der Waals surface area contributed by atoms with Crippen LogP contribution in [0.25, 0.3) is 0 Å². The summed E-state index contributed by atoms with van der Waals surface area (Å²) in [7, 11) is 0. The van der Waals surface area contributed by atoms with E-state index < -0.39 is 0 Å². The monoisotopic (exact) mass is 342 g/mol. The van der Waals surface area contributed by atoms with Crippen LogP contribution in [-0.2, 0) is 19.5 Å². The van der Waals surface area contributed by atoms with Gasteiger partial charge in [-0.15, -0.1) is 0 Å². The first-order chi connectivity index (χ1) is 8.36. The normalized spacial score (nSPS) is 9.16. The van der Waals surface area contributed by atoms with E-state index in [1.165, 1.54) is 33.4 Å². The summed E-state index contributed by atoms with van der Waals surface area (Å²) in [5.41, 5.74) is 8.13. The van der Waals surface area contributed by atoms with Gasteiger partial charge in [-0.1, -0.05) is 69.8 Å². The molecular formula is C18H24Ru. The van der Waals surface area contributed by atoms with E-state index >= 15 is 0 Å². The molecular weight excluding hydrogens is 317 g/mol.